The lowest BCUT2D eigenvalue weighted by Crippen LogP contribution is -2.63. The third kappa shape index (κ3) is 9.34. The molecule has 0 aliphatic carbocycles. The van der Waals surface area contributed by atoms with Gasteiger partial charge in [0.1, 0.15) is 24.2 Å². The summed E-state index contributed by atoms with van der Waals surface area (Å²) in [5.41, 5.74) is 2.59. The summed E-state index contributed by atoms with van der Waals surface area (Å²) in [4.78, 5) is 62.7. The largest absolute Gasteiger partial charge is 0.457 e. The molecular weight excluding hydrogens is 746 g/mol. The number of aryl methyl sites for hydroxylation is 1. The van der Waals surface area contributed by atoms with E-state index in [2.05, 4.69) is 15.7 Å². The molecule has 0 spiro atoms. The highest BCUT2D eigenvalue weighted by Gasteiger charge is 2.59. The number of hydrogen-bond donors (Lipinski definition) is 3. The molecule has 0 saturated carbocycles. The molecular formula is C43H65N5O10. The van der Waals surface area contributed by atoms with E-state index in [-0.39, 0.29) is 30.9 Å². The summed E-state index contributed by atoms with van der Waals surface area (Å²) in [5.74, 6) is -4.51. The molecule has 15 nitrogen and oxygen atoms in total. The fraction of sp³-hybridized carbons (Fsp3) is 0.698. The van der Waals surface area contributed by atoms with E-state index < -0.39 is 83.5 Å². The number of carbonyl (C=O) groups is 4. The molecule has 3 saturated heterocycles. The fourth-order valence-corrected chi connectivity index (χ4v) is 9.22. The summed E-state index contributed by atoms with van der Waals surface area (Å²) in [7, 11) is 5.22. The molecule has 3 N–H and O–H groups in total. The summed E-state index contributed by atoms with van der Waals surface area (Å²) in [6.45, 7) is 14.2. The predicted octanol–water partition coefficient (Wildman–Crippen LogP) is 4.18. The number of fused-ring (bicyclic) bond motifs is 2. The Balaban J connectivity index is 1.44. The highest BCUT2D eigenvalue weighted by Crippen LogP contribution is 2.39. The number of para-hydroxylation sites is 1. The molecule has 1 aromatic carbocycles. The first-order valence-corrected chi connectivity index (χ1v) is 20.7. The van der Waals surface area contributed by atoms with Crippen LogP contribution in [0.5, 0.6) is 0 Å². The number of rotatable bonds is 10. The first-order valence-electron chi connectivity index (χ1n) is 20.7. The van der Waals surface area contributed by atoms with Crippen molar-refractivity contribution in [2.24, 2.45) is 17.8 Å². The van der Waals surface area contributed by atoms with E-state index in [1.807, 2.05) is 63.2 Å². The quantitative estimate of drug-likeness (QED) is 0.177. The van der Waals surface area contributed by atoms with Gasteiger partial charge in [0, 0.05) is 43.1 Å². The van der Waals surface area contributed by atoms with Crippen molar-refractivity contribution in [1.82, 2.24) is 25.6 Å². The van der Waals surface area contributed by atoms with Crippen molar-refractivity contribution in [2.75, 3.05) is 27.7 Å². The number of aliphatic hydroxyl groups excluding tert-OH is 1. The Morgan fingerprint density at radius 1 is 1.07 bits per heavy atom. The maximum atomic E-state index is 14.4. The van der Waals surface area contributed by atoms with Crippen molar-refractivity contribution in [2.45, 2.75) is 148 Å². The summed E-state index contributed by atoms with van der Waals surface area (Å²) in [6.07, 6.45) is -1.08. The van der Waals surface area contributed by atoms with E-state index in [9.17, 15) is 24.3 Å². The van der Waals surface area contributed by atoms with E-state index >= 15 is 0 Å². The molecule has 2 aromatic rings. The van der Waals surface area contributed by atoms with Gasteiger partial charge >= 0.3 is 12.1 Å². The lowest BCUT2D eigenvalue weighted by atomic mass is 9.78. The second-order valence-electron chi connectivity index (χ2n) is 17.2. The van der Waals surface area contributed by atoms with Crippen LogP contribution in [0.3, 0.4) is 0 Å². The number of benzene rings is 1. The molecule has 1 unspecified atom stereocenters. The van der Waals surface area contributed by atoms with Crippen LogP contribution in [0.15, 0.2) is 36.5 Å². The van der Waals surface area contributed by atoms with E-state index in [1.165, 1.54) is 19.0 Å². The van der Waals surface area contributed by atoms with Crippen LogP contribution in [0.4, 0.5) is 4.79 Å². The van der Waals surface area contributed by atoms with Gasteiger partial charge in [-0.3, -0.25) is 19.4 Å². The van der Waals surface area contributed by atoms with Crippen LogP contribution < -0.4 is 10.7 Å². The minimum Gasteiger partial charge on any atom is -0.457 e. The van der Waals surface area contributed by atoms with Gasteiger partial charge in [0.15, 0.2) is 17.7 Å². The number of aliphatic hydroxyl groups is 1. The average molecular weight is 812 g/mol. The molecule has 15 heteroatoms. The first-order chi connectivity index (χ1) is 27.4. The van der Waals surface area contributed by atoms with Gasteiger partial charge in [-0.25, -0.2) is 15.2 Å². The van der Waals surface area contributed by atoms with Gasteiger partial charge in [-0.15, -0.1) is 0 Å². The van der Waals surface area contributed by atoms with Crippen LogP contribution >= 0.6 is 0 Å². The van der Waals surface area contributed by atoms with Crippen LogP contribution in [-0.4, -0.2) is 132 Å². The second-order valence-corrected chi connectivity index (χ2v) is 17.2. The molecule has 0 radical (unpaired) electrons. The zero-order valence-corrected chi connectivity index (χ0v) is 36.0. The van der Waals surface area contributed by atoms with Crippen LogP contribution in [0.2, 0.25) is 0 Å². The number of Topliss-reactive ketones (excluding diaryl/α,β-unsaturated/α-hetero) is 1. The number of ether oxygens (including phenoxy) is 5. The minimum absolute atomic E-state index is 0.0965. The van der Waals surface area contributed by atoms with Crippen molar-refractivity contribution >= 4 is 34.7 Å². The SMILES string of the molecule is CC[C@H]1OC(=O)[C@H](C)C(=O)[C@H](C)[C@@H](O[C@@H]2O[C@H](C)C[C@H](N(C)C)[C@H]2O)[C@](C)(OC)C[C@@H](C)C(=O)NC(C)[C@H]2N(NCCCc3ccnc4ccccc34)C(=O)O[C@]12C. The summed E-state index contributed by atoms with van der Waals surface area (Å²) in [6, 6.07) is 8.12. The van der Waals surface area contributed by atoms with Gasteiger partial charge in [-0.2, -0.15) is 0 Å². The standard InChI is InChI=1S/C43H65N5O10/c1-12-33-43(8)36(48(41(53)58-43)45-20-15-16-29-19-21-44-31-18-14-13-17-30(29)31)28(6)46-38(51)24(2)23-42(7,54-11)37(26(4)34(49)27(5)39(52)56-33)57-40-35(50)32(47(9)10)22-25(3)55-40/h13-14,17-19,21,24-28,32-33,35-37,40,45,50H,12,15-16,20,22-23H2,1-11H3,(H,46,51)/t24-,25-,26+,27-,28?,32+,33-,35-,36-,37-,40+,42-,43-/m1/s1. The lowest BCUT2D eigenvalue weighted by molar-refractivity contribution is -0.295. The van der Waals surface area contributed by atoms with Gasteiger partial charge in [0.25, 0.3) is 0 Å². The van der Waals surface area contributed by atoms with Crippen molar-refractivity contribution < 1.29 is 48.0 Å². The molecule has 3 fully saturated rings. The molecule has 4 heterocycles. The van der Waals surface area contributed by atoms with Crippen LogP contribution in [0, 0.1) is 17.8 Å². The Hall–Kier alpha value is -3.73. The average Bonchev–Trinajstić information content (AvgIpc) is 3.45. The number of esters is 1. The van der Waals surface area contributed by atoms with Gasteiger partial charge in [0.2, 0.25) is 5.91 Å². The van der Waals surface area contributed by atoms with Crippen molar-refractivity contribution in [3.63, 3.8) is 0 Å². The first kappa shape index (κ1) is 45.4. The topological polar surface area (TPSA) is 178 Å². The molecule has 2 amide bonds. The normalized spacial score (nSPS) is 36.8. The van der Waals surface area contributed by atoms with Crippen molar-refractivity contribution in [3.8, 4) is 0 Å². The monoisotopic (exact) mass is 811 g/mol. The third-order valence-corrected chi connectivity index (χ3v) is 12.6. The number of cyclic esters (lactones) is 1. The Morgan fingerprint density at radius 3 is 2.45 bits per heavy atom. The molecule has 58 heavy (non-hydrogen) atoms. The number of ketones is 1. The van der Waals surface area contributed by atoms with Gasteiger partial charge in [0.05, 0.1) is 29.4 Å². The number of hydrogen-bond acceptors (Lipinski definition) is 13. The van der Waals surface area contributed by atoms with Crippen LogP contribution in [0.1, 0.15) is 86.6 Å². The Kier molecular flexibility index (Phi) is 14.6. The molecule has 3 aliphatic heterocycles. The number of nitrogens with zero attached hydrogens (tertiary/aromatic N) is 3. The van der Waals surface area contributed by atoms with E-state index in [4.69, 9.17) is 23.7 Å². The summed E-state index contributed by atoms with van der Waals surface area (Å²) in [5, 5.41) is 17.0. The number of aromatic nitrogens is 1. The number of hydrazine groups is 1. The molecule has 5 rings (SSSR count). The summed E-state index contributed by atoms with van der Waals surface area (Å²) >= 11 is 0. The van der Waals surface area contributed by atoms with Crippen molar-refractivity contribution in [3.05, 3.63) is 42.1 Å². The van der Waals surface area contributed by atoms with E-state index in [1.54, 1.807) is 40.8 Å². The Morgan fingerprint density at radius 2 is 1.78 bits per heavy atom. The highest BCUT2D eigenvalue weighted by atomic mass is 16.7. The molecule has 0 bridgehead atoms. The maximum absolute atomic E-state index is 14.4. The Bertz CT molecular complexity index is 1770. The predicted molar refractivity (Wildman–Crippen MR) is 216 cm³/mol. The molecule has 1 aromatic heterocycles. The zero-order valence-electron chi connectivity index (χ0n) is 36.0. The summed E-state index contributed by atoms with van der Waals surface area (Å²) < 4.78 is 31.1. The number of carbonyl (C=O) groups excluding carboxylic acids is 4. The molecule has 3 aliphatic rings. The smallest absolute Gasteiger partial charge is 0.425 e. The van der Waals surface area contributed by atoms with Crippen LogP contribution in [0.25, 0.3) is 10.9 Å². The fourth-order valence-electron chi connectivity index (χ4n) is 9.22. The van der Waals surface area contributed by atoms with Gasteiger partial charge < -0.3 is 39.0 Å². The highest BCUT2D eigenvalue weighted by molar-refractivity contribution is 6.00. The molecule has 322 valence electrons. The second kappa shape index (κ2) is 18.7. The van der Waals surface area contributed by atoms with Crippen molar-refractivity contribution in [1.29, 1.82) is 0 Å². The minimum atomic E-state index is -1.43. The van der Waals surface area contributed by atoms with E-state index in [0.717, 1.165) is 16.5 Å². The maximum Gasteiger partial charge on any atom is 0.425 e. The van der Waals surface area contributed by atoms with Crippen LogP contribution in [-0.2, 0) is 44.5 Å². The number of methoxy groups -OCH3 is 1. The third-order valence-electron chi connectivity index (χ3n) is 12.6. The molecule has 13 atom stereocenters. The number of likely N-dealkylation sites (N-methyl/N-ethyl adjacent to an activating group) is 1. The number of amides is 2. The lowest BCUT2D eigenvalue weighted by Gasteiger charge is -2.46. The number of pyridine rings is 1. The van der Waals surface area contributed by atoms with Gasteiger partial charge in [-0.1, -0.05) is 39.0 Å². The Labute approximate surface area is 342 Å². The van der Waals surface area contributed by atoms with Gasteiger partial charge in [-0.05, 0) is 98.5 Å². The number of nitrogens with one attached hydrogen (secondary N) is 2. The zero-order chi connectivity index (χ0) is 42.7. The van der Waals surface area contributed by atoms with E-state index in [0.29, 0.717) is 25.8 Å².